The van der Waals surface area contributed by atoms with E-state index in [0.29, 0.717) is 5.89 Å². The van der Waals surface area contributed by atoms with Crippen LogP contribution in [0.4, 0.5) is 5.95 Å². The molecule has 17 heavy (non-hydrogen) atoms. The lowest BCUT2D eigenvalue weighted by Crippen LogP contribution is -2.44. The fraction of sp³-hybridized carbons (Fsp3) is 0.818. The molecule has 1 aliphatic rings. The third-order valence-corrected chi connectivity index (χ3v) is 3.06. The number of likely N-dealkylation sites (N-methyl/N-ethyl adjacent to an activating group) is 1. The molecule has 1 aliphatic heterocycles. The first-order chi connectivity index (χ1) is 8.15. The van der Waals surface area contributed by atoms with E-state index in [-0.39, 0.29) is 6.04 Å². The van der Waals surface area contributed by atoms with Crippen LogP contribution < -0.4 is 10.6 Å². The maximum absolute atomic E-state index is 5.70. The van der Waals surface area contributed by atoms with Gasteiger partial charge in [-0.2, -0.15) is 4.98 Å². The van der Waals surface area contributed by atoms with Gasteiger partial charge in [-0.25, -0.2) is 0 Å². The highest BCUT2D eigenvalue weighted by Gasteiger charge is 2.18. The minimum Gasteiger partial charge on any atom is -0.337 e. The SMILES string of the molecule is CC(N)CCc1nc(N2CCN(C)CC2)no1. The van der Waals surface area contributed by atoms with E-state index in [2.05, 4.69) is 27.0 Å². The Kier molecular flexibility index (Phi) is 3.96. The van der Waals surface area contributed by atoms with Gasteiger partial charge in [0.15, 0.2) is 0 Å². The number of rotatable bonds is 4. The van der Waals surface area contributed by atoms with E-state index in [1.807, 2.05) is 6.92 Å². The summed E-state index contributed by atoms with van der Waals surface area (Å²) in [6.07, 6.45) is 1.64. The van der Waals surface area contributed by atoms with Crippen molar-refractivity contribution in [3.05, 3.63) is 5.89 Å². The summed E-state index contributed by atoms with van der Waals surface area (Å²) in [5, 5.41) is 4.02. The van der Waals surface area contributed by atoms with Gasteiger partial charge in [-0.05, 0) is 25.5 Å². The molecule has 2 heterocycles. The lowest BCUT2D eigenvalue weighted by molar-refractivity contribution is 0.308. The second-order valence-corrected chi connectivity index (χ2v) is 4.79. The molecule has 96 valence electrons. The van der Waals surface area contributed by atoms with Gasteiger partial charge in [0.1, 0.15) is 0 Å². The lowest BCUT2D eigenvalue weighted by atomic mass is 10.2. The molecular formula is C11H21N5O. The molecular weight excluding hydrogens is 218 g/mol. The van der Waals surface area contributed by atoms with Gasteiger partial charge in [-0.1, -0.05) is 0 Å². The second kappa shape index (κ2) is 5.46. The number of nitrogens with two attached hydrogens (primary N) is 1. The van der Waals surface area contributed by atoms with E-state index in [1.165, 1.54) is 0 Å². The molecule has 2 N–H and O–H groups in total. The zero-order valence-corrected chi connectivity index (χ0v) is 10.6. The highest BCUT2D eigenvalue weighted by molar-refractivity contribution is 5.28. The lowest BCUT2D eigenvalue weighted by Gasteiger charge is -2.31. The predicted molar refractivity (Wildman–Crippen MR) is 66.0 cm³/mol. The summed E-state index contributed by atoms with van der Waals surface area (Å²) >= 11 is 0. The smallest absolute Gasteiger partial charge is 0.266 e. The summed E-state index contributed by atoms with van der Waals surface area (Å²) in [6, 6.07) is 0.175. The highest BCUT2D eigenvalue weighted by Crippen LogP contribution is 2.12. The topological polar surface area (TPSA) is 71.4 Å². The highest BCUT2D eigenvalue weighted by atomic mass is 16.5. The summed E-state index contributed by atoms with van der Waals surface area (Å²) < 4.78 is 5.22. The maximum atomic E-state index is 5.70. The van der Waals surface area contributed by atoms with E-state index in [4.69, 9.17) is 10.3 Å². The third-order valence-electron chi connectivity index (χ3n) is 3.06. The molecule has 0 saturated carbocycles. The Balaban J connectivity index is 1.89. The fourth-order valence-electron chi connectivity index (χ4n) is 1.83. The van der Waals surface area contributed by atoms with Gasteiger partial charge in [0.25, 0.3) is 5.95 Å². The monoisotopic (exact) mass is 239 g/mol. The molecule has 0 aromatic carbocycles. The third kappa shape index (κ3) is 3.41. The van der Waals surface area contributed by atoms with Gasteiger partial charge in [0.05, 0.1) is 0 Å². The van der Waals surface area contributed by atoms with Gasteiger partial charge >= 0.3 is 0 Å². The fourth-order valence-corrected chi connectivity index (χ4v) is 1.83. The van der Waals surface area contributed by atoms with Crippen LogP contribution in [0.2, 0.25) is 0 Å². The molecule has 0 amide bonds. The standard InChI is InChI=1S/C11H21N5O/c1-9(12)3-4-10-13-11(14-17-10)16-7-5-15(2)6-8-16/h9H,3-8,12H2,1-2H3. The number of nitrogens with zero attached hydrogens (tertiary/aromatic N) is 4. The van der Waals surface area contributed by atoms with E-state index in [0.717, 1.165) is 45.0 Å². The van der Waals surface area contributed by atoms with E-state index in [9.17, 15) is 0 Å². The summed E-state index contributed by atoms with van der Waals surface area (Å²) in [7, 11) is 2.13. The zero-order chi connectivity index (χ0) is 12.3. The molecule has 1 aromatic heterocycles. The molecule has 0 aliphatic carbocycles. The van der Waals surface area contributed by atoms with Crippen LogP contribution in [0, 0.1) is 0 Å². The van der Waals surface area contributed by atoms with Crippen LogP contribution in [-0.4, -0.2) is 54.3 Å². The van der Waals surface area contributed by atoms with Gasteiger partial charge in [0, 0.05) is 38.6 Å². The number of hydrogen-bond donors (Lipinski definition) is 1. The van der Waals surface area contributed by atoms with Crippen molar-refractivity contribution in [3.8, 4) is 0 Å². The number of aromatic nitrogens is 2. The molecule has 1 atom stereocenters. The second-order valence-electron chi connectivity index (χ2n) is 4.79. The molecule has 1 saturated heterocycles. The van der Waals surface area contributed by atoms with Crippen molar-refractivity contribution in [1.29, 1.82) is 0 Å². The van der Waals surface area contributed by atoms with Gasteiger partial charge in [0.2, 0.25) is 5.89 Å². The van der Waals surface area contributed by atoms with Crippen LogP contribution in [0.25, 0.3) is 0 Å². The summed E-state index contributed by atoms with van der Waals surface area (Å²) in [5.41, 5.74) is 5.70. The average Bonchev–Trinajstić information content (AvgIpc) is 2.76. The molecule has 0 radical (unpaired) electrons. The van der Waals surface area contributed by atoms with E-state index < -0.39 is 0 Å². The van der Waals surface area contributed by atoms with Crippen molar-refractivity contribution in [2.45, 2.75) is 25.8 Å². The Bertz CT molecular complexity index is 343. The molecule has 6 heteroatoms. The van der Waals surface area contributed by atoms with Crippen molar-refractivity contribution in [2.75, 3.05) is 38.1 Å². The Hall–Kier alpha value is -1.14. The van der Waals surface area contributed by atoms with Gasteiger partial charge < -0.3 is 20.1 Å². The van der Waals surface area contributed by atoms with Crippen molar-refractivity contribution >= 4 is 5.95 Å². The maximum Gasteiger partial charge on any atom is 0.266 e. The first kappa shape index (κ1) is 12.3. The number of piperazine rings is 1. The minimum atomic E-state index is 0.175. The van der Waals surface area contributed by atoms with Crippen molar-refractivity contribution in [3.63, 3.8) is 0 Å². The Morgan fingerprint density at radius 1 is 1.35 bits per heavy atom. The quantitative estimate of drug-likeness (QED) is 0.803. The summed E-state index contributed by atoms with van der Waals surface area (Å²) in [4.78, 5) is 8.87. The average molecular weight is 239 g/mol. The Morgan fingerprint density at radius 3 is 2.71 bits per heavy atom. The largest absolute Gasteiger partial charge is 0.337 e. The van der Waals surface area contributed by atoms with E-state index >= 15 is 0 Å². The Morgan fingerprint density at radius 2 is 2.06 bits per heavy atom. The Labute approximate surface area is 102 Å². The normalized spacial score (nSPS) is 19.6. The molecule has 1 fully saturated rings. The van der Waals surface area contributed by atoms with Crippen LogP contribution in [0.1, 0.15) is 19.2 Å². The van der Waals surface area contributed by atoms with Crippen molar-refractivity contribution < 1.29 is 4.52 Å². The van der Waals surface area contributed by atoms with E-state index in [1.54, 1.807) is 0 Å². The van der Waals surface area contributed by atoms with Crippen LogP contribution >= 0.6 is 0 Å². The van der Waals surface area contributed by atoms with Crippen molar-refractivity contribution in [1.82, 2.24) is 15.0 Å². The number of aryl methyl sites for hydroxylation is 1. The van der Waals surface area contributed by atoms with Crippen LogP contribution in [0.3, 0.4) is 0 Å². The molecule has 6 nitrogen and oxygen atoms in total. The molecule has 1 unspecified atom stereocenters. The van der Waals surface area contributed by atoms with Crippen LogP contribution in [-0.2, 0) is 6.42 Å². The van der Waals surface area contributed by atoms with Gasteiger partial charge in [-0.3, -0.25) is 0 Å². The summed E-state index contributed by atoms with van der Waals surface area (Å²) in [6.45, 7) is 6.00. The first-order valence-corrected chi connectivity index (χ1v) is 6.17. The molecule has 2 rings (SSSR count). The molecule has 1 aromatic rings. The molecule has 0 spiro atoms. The number of anilines is 1. The predicted octanol–water partition coefficient (Wildman–Crippen LogP) is 0.101. The van der Waals surface area contributed by atoms with Crippen LogP contribution in [0.15, 0.2) is 4.52 Å². The van der Waals surface area contributed by atoms with Gasteiger partial charge in [-0.15, -0.1) is 0 Å². The van der Waals surface area contributed by atoms with Crippen molar-refractivity contribution in [2.24, 2.45) is 5.73 Å². The molecule has 0 bridgehead atoms. The number of hydrogen-bond acceptors (Lipinski definition) is 6. The zero-order valence-electron chi connectivity index (χ0n) is 10.6. The summed E-state index contributed by atoms with van der Waals surface area (Å²) in [5.74, 6) is 1.41. The minimum absolute atomic E-state index is 0.175. The van der Waals surface area contributed by atoms with Crippen LogP contribution in [0.5, 0.6) is 0 Å². The first-order valence-electron chi connectivity index (χ1n) is 6.17.